The first kappa shape index (κ1) is 13.5. The Labute approximate surface area is 103 Å². The average molecular weight is 244 g/mol. The van der Waals surface area contributed by atoms with E-state index in [1.807, 2.05) is 6.07 Å². The van der Waals surface area contributed by atoms with Crippen LogP contribution in [0.25, 0.3) is 0 Å². The van der Waals surface area contributed by atoms with Crippen LogP contribution in [0.1, 0.15) is 31.7 Å². The lowest BCUT2D eigenvalue weighted by atomic mass is 9.70. The molecular weight excluding hydrogens is 225 g/mol. The second-order valence-electron chi connectivity index (χ2n) is 4.90. The van der Waals surface area contributed by atoms with Gasteiger partial charge in [-0.3, -0.25) is 0 Å². The zero-order valence-corrected chi connectivity index (χ0v) is 10.4. The zero-order valence-electron chi connectivity index (χ0n) is 9.63. The lowest BCUT2D eigenvalue weighted by Gasteiger charge is -2.38. The van der Waals surface area contributed by atoms with E-state index in [0.29, 0.717) is 5.41 Å². The molecule has 0 aromatic heterocycles. The minimum Gasteiger partial charge on any atom is -0.312 e. The Morgan fingerprint density at radius 1 is 1.38 bits per heavy atom. The van der Waals surface area contributed by atoms with Crippen LogP contribution in [0.2, 0.25) is 0 Å². The fourth-order valence-electron chi connectivity index (χ4n) is 2.11. The van der Waals surface area contributed by atoms with Crippen molar-refractivity contribution in [2.45, 2.75) is 32.7 Å². The molecule has 0 atom stereocenters. The number of nitrogens with one attached hydrogen (secondary N) is 1. The molecule has 1 aromatic carbocycles. The van der Waals surface area contributed by atoms with Crippen molar-refractivity contribution in [3.05, 3.63) is 35.6 Å². The molecule has 16 heavy (non-hydrogen) atoms. The van der Waals surface area contributed by atoms with Crippen LogP contribution in [0.15, 0.2) is 24.3 Å². The van der Waals surface area contributed by atoms with Gasteiger partial charge in [-0.2, -0.15) is 0 Å². The Morgan fingerprint density at radius 3 is 2.69 bits per heavy atom. The Hall–Kier alpha value is -0.600. The van der Waals surface area contributed by atoms with Crippen molar-refractivity contribution < 1.29 is 4.39 Å². The summed E-state index contributed by atoms with van der Waals surface area (Å²) < 4.78 is 12.9. The maximum Gasteiger partial charge on any atom is 0.123 e. The van der Waals surface area contributed by atoms with Gasteiger partial charge in [0.25, 0.3) is 0 Å². The predicted octanol–water partition coefficient (Wildman–Crippen LogP) is 3.53. The summed E-state index contributed by atoms with van der Waals surface area (Å²) in [6, 6.07) is 6.80. The Kier molecular flexibility index (Phi) is 4.75. The summed E-state index contributed by atoms with van der Waals surface area (Å²) in [5.74, 6) is -0.149. The highest BCUT2D eigenvalue weighted by Crippen LogP contribution is 2.39. The lowest BCUT2D eigenvalue weighted by Crippen LogP contribution is -2.36. The van der Waals surface area contributed by atoms with Crippen molar-refractivity contribution in [3.8, 4) is 0 Å². The van der Waals surface area contributed by atoms with Gasteiger partial charge in [-0.15, -0.1) is 12.4 Å². The molecule has 3 heteroatoms. The third kappa shape index (κ3) is 3.46. The molecule has 0 spiro atoms. The largest absolute Gasteiger partial charge is 0.312 e. The third-order valence-electron chi connectivity index (χ3n) is 3.33. The van der Waals surface area contributed by atoms with E-state index in [0.717, 1.165) is 18.7 Å². The van der Waals surface area contributed by atoms with E-state index in [-0.39, 0.29) is 18.2 Å². The maximum atomic E-state index is 12.9. The van der Waals surface area contributed by atoms with Gasteiger partial charge >= 0.3 is 0 Å². The highest BCUT2D eigenvalue weighted by molar-refractivity contribution is 5.85. The first-order valence-electron chi connectivity index (χ1n) is 5.63. The molecule has 0 radical (unpaired) electrons. The van der Waals surface area contributed by atoms with Crippen molar-refractivity contribution in [1.29, 1.82) is 0 Å². The maximum absolute atomic E-state index is 12.9. The topological polar surface area (TPSA) is 12.0 Å². The molecule has 0 heterocycles. The zero-order chi connectivity index (χ0) is 10.7. The van der Waals surface area contributed by atoms with E-state index in [1.165, 1.54) is 25.3 Å². The first-order chi connectivity index (χ1) is 7.18. The fraction of sp³-hybridized carbons (Fsp3) is 0.538. The summed E-state index contributed by atoms with van der Waals surface area (Å²) in [6.45, 7) is 4.13. The second-order valence-corrected chi connectivity index (χ2v) is 4.90. The SMILES string of the molecule is CC1(CNCc2cccc(F)c2)CCC1.Cl. The van der Waals surface area contributed by atoms with Crippen LogP contribution in [-0.2, 0) is 6.54 Å². The van der Waals surface area contributed by atoms with Gasteiger partial charge in [-0.25, -0.2) is 4.39 Å². The predicted molar refractivity (Wildman–Crippen MR) is 67.3 cm³/mol. The smallest absolute Gasteiger partial charge is 0.123 e. The monoisotopic (exact) mass is 243 g/mol. The standard InChI is InChI=1S/C13H18FN.ClH/c1-13(6-3-7-13)10-15-9-11-4-2-5-12(14)8-11;/h2,4-5,8,15H,3,6-7,9-10H2,1H3;1H. The molecule has 90 valence electrons. The van der Waals surface area contributed by atoms with Crippen molar-refractivity contribution in [1.82, 2.24) is 5.32 Å². The summed E-state index contributed by atoms with van der Waals surface area (Å²) in [5, 5.41) is 3.40. The minimum atomic E-state index is -0.149. The molecule has 1 aliphatic carbocycles. The van der Waals surface area contributed by atoms with E-state index < -0.39 is 0 Å². The molecule has 0 saturated heterocycles. The number of halogens is 2. The minimum absolute atomic E-state index is 0. The Bertz CT molecular complexity index is 336. The van der Waals surface area contributed by atoms with Crippen molar-refractivity contribution in [3.63, 3.8) is 0 Å². The van der Waals surface area contributed by atoms with E-state index in [2.05, 4.69) is 12.2 Å². The van der Waals surface area contributed by atoms with Crippen molar-refractivity contribution in [2.24, 2.45) is 5.41 Å². The Balaban J connectivity index is 0.00000128. The number of benzene rings is 1. The van der Waals surface area contributed by atoms with Crippen LogP contribution in [-0.4, -0.2) is 6.54 Å². The molecule has 1 N–H and O–H groups in total. The summed E-state index contributed by atoms with van der Waals surface area (Å²) in [7, 11) is 0. The molecule has 0 amide bonds. The molecule has 0 bridgehead atoms. The van der Waals surface area contributed by atoms with Gasteiger partial charge in [0.1, 0.15) is 5.82 Å². The molecule has 0 unspecified atom stereocenters. The van der Waals surface area contributed by atoms with Crippen LogP contribution in [0.5, 0.6) is 0 Å². The van der Waals surface area contributed by atoms with Gasteiger partial charge in [0.15, 0.2) is 0 Å². The highest BCUT2D eigenvalue weighted by atomic mass is 35.5. The molecule has 2 rings (SSSR count). The van der Waals surface area contributed by atoms with Gasteiger partial charge in [-0.1, -0.05) is 25.5 Å². The van der Waals surface area contributed by atoms with Crippen LogP contribution in [0.4, 0.5) is 4.39 Å². The first-order valence-corrected chi connectivity index (χ1v) is 5.63. The molecular formula is C13H19ClFN. The normalized spacial score (nSPS) is 17.4. The van der Waals surface area contributed by atoms with E-state index in [1.54, 1.807) is 12.1 Å². The summed E-state index contributed by atoms with van der Waals surface area (Å²) >= 11 is 0. The van der Waals surface area contributed by atoms with Crippen molar-refractivity contribution >= 4 is 12.4 Å². The molecule has 1 aromatic rings. The van der Waals surface area contributed by atoms with E-state index in [4.69, 9.17) is 0 Å². The van der Waals surface area contributed by atoms with Crippen LogP contribution in [0, 0.1) is 11.2 Å². The number of hydrogen-bond donors (Lipinski definition) is 1. The molecule has 1 nitrogen and oxygen atoms in total. The Morgan fingerprint density at radius 2 is 2.12 bits per heavy atom. The van der Waals surface area contributed by atoms with Gasteiger partial charge < -0.3 is 5.32 Å². The van der Waals surface area contributed by atoms with E-state index >= 15 is 0 Å². The number of rotatable bonds is 4. The van der Waals surface area contributed by atoms with Crippen LogP contribution >= 0.6 is 12.4 Å². The summed E-state index contributed by atoms with van der Waals surface area (Å²) in [6.07, 6.45) is 4.00. The highest BCUT2D eigenvalue weighted by Gasteiger charge is 2.30. The summed E-state index contributed by atoms with van der Waals surface area (Å²) in [5.41, 5.74) is 1.52. The third-order valence-corrected chi connectivity index (χ3v) is 3.33. The van der Waals surface area contributed by atoms with Gasteiger partial charge in [0.2, 0.25) is 0 Å². The van der Waals surface area contributed by atoms with Crippen LogP contribution < -0.4 is 5.32 Å². The lowest BCUT2D eigenvalue weighted by molar-refractivity contribution is 0.156. The quantitative estimate of drug-likeness (QED) is 0.853. The van der Waals surface area contributed by atoms with Gasteiger partial charge in [-0.05, 0) is 36.0 Å². The van der Waals surface area contributed by atoms with Crippen molar-refractivity contribution in [2.75, 3.05) is 6.54 Å². The molecule has 1 saturated carbocycles. The molecule has 1 aliphatic rings. The van der Waals surface area contributed by atoms with Gasteiger partial charge in [0.05, 0.1) is 0 Å². The summed E-state index contributed by atoms with van der Waals surface area (Å²) in [4.78, 5) is 0. The second kappa shape index (κ2) is 5.65. The number of hydrogen-bond acceptors (Lipinski definition) is 1. The fourth-order valence-corrected chi connectivity index (χ4v) is 2.11. The molecule has 1 fully saturated rings. The van der Waals surface area contributed by atoms with Crippen LogP contribution in [0.3, 0.4) is 0 Å². The van der Waals surface area contributed by atoms with E-state index in [9.17, 15) is 4.39 Å². The average Bonchev–Trinajstić information content (AvgIpc) is 2.15. The molecule has 0 aliphatic heterocycles. The van der Waals surface area contributed by atoms with Gasteiger partial charge in [0, 0.05) is 13.1 Å².